The number of hydrogen-bond acceptors (Lipinski definition) is 6. The molecule has 0 radical (unpaired) electrons. The first-order valence-electron chi connectivity index (χ1n) is 14.6. The number of carbonyl (C=O) groups excluding carboxylic acids is 3. The second-order valence-corrected chi connectivity index (χ2v) is 12.5. The molecular weight excluding hydrogens is 532 g/mol. The van der Waals surface area contributed by atoms with Gasteiger partial charge in [-0.15, -0.1) is 0 Å². The van der Waals surface area contributed by atoms with Gasteiger partial charge >= 0.3 is 0 Å². The van der Waals surface area contributed by atoms with E-state index in [1.165, 1.54) is 0 Å². The molecule has 1 saturated carbocycles. The number of nitrogens with one attached hydrogen (secondary N) is 2. The summed E-state index contributed by atoms with van der Waals surface area (Å²) in [7, 11) is 0. The summed E-state index contributed by atoms with van der Waals surface area (Å²) in [5.41, 5.74) is -0.568. The highest BCUT2D eigenvalue weighted by Crippen LogP contribution is 2.55. The van der Waals surface area contributed by atoms with Crippen LogP contribution < -0.4 is 10.6 Å². The Morgan fingerprint density at radius 3 is 2.58 bits per heavy atom. The van der Waals surface area contributed by atoms with Crippen molar-refractivity contribution in [1.82, 2.24) is 15.1 Å². The van der Waals surface area contributed by atoms with Crippen LogP contribution in [0, 0.1) is 23.7 Å². The molecular formula is C30H39ClN4O5. The number of halogens is 1. The monoisotopic (exact) mass is 570 g/mol. The first kappa shape index (κ1) is 27.7. The number of morpholine rings is 1. The molecule has 1 aromatic rings. The van der Waals surface area contributed by atoms with Gasteiger partial charge in [0.1, 0.15) is 11.6 Å². The Kier molecular flexibility index (Phi) is 7.67. The minimum absolute atomic E-state index is 0.0504. The van der Waals surface area contributed by atoms with Crippen molar-refractivity contribution in [2.24, 2.45) is 23.7 Å². The number of ether oxygens (including phenoxy) is 2. The average Bonchev–Trinajstić information content (AvgIpc) is 3.59. The molecule has 1 aromatic carbocycles. The van der Waals surface area contributed by atoms with Crippen molar-refractivity contribution in [3.8, 4) is 0 Å². The summed E-state index contributed by atoms with van der Waals surface area (Å²) in [4.78, 5) is 45.8. The first-order valence-corrected chi connectivity index (χ1v) is 15.0. The number of benzene rings is 1. The van der Waals surface area contributed by atoms with Gasteiger partial charge in [0, 0.05) is 42.9 Å². The Bertz CT molecular complexity index is 1170. The normalized spacial score (nSPS) is 37.0. The molecule has 4 aliphatic heterocycles. The molecule has 0 aromatic heterocycles. The predicted molar refractivity (Wildman–Crippen MR) is 151 cm³/mol. The molecule has 9 nitrogen and oxygen atoms in total. The molecule has 0 unspecified atom stereocenters. The predicted octanol–water partition coefficient (Wildman–Crippen LogP) is 2.70. The number of likely N-dealkylation sites (tertiary alicyclic amines) is 1. The summed E-state index contributed by atoms with van der Waals surface area (Å²) < 4.78 is 12.0. The van der Waals surface area contributed by atoms with Crippen LogP contribution in [0.1, 0.15) is 33.1 Å². The summed E-state index contributed by atoms with van der Waals surface area (Å²) in [5, 5.41) is 6.83. The van der Waals surface area contributed by atoms with Gasteiger partial charge in [0.25, 0.3) is 0 Å². The van der Waals surface area contributed by atoms with E-state index in [1.807, 2.05) is 12.2 Å². The van der Waals surface area contributed by atoms with Crippen LogP contribution in [-0.4, -0.2) is 90.7 Å². The SMILES string of the molecule is C[C@H]1[C@H](C)CCC[C@@H]1NC(=O)[C@@H]1N(CCN2CCOCC2)C(=O)[C@H]2[C@@H](C(=O)Nc3ccc(Cl)cc3)[C@H]3C=C[C@@]12O3. The van der Waals surface area contributed by atoms with Crippen molar-refractivity contribution in [1.29, 1.82) is 0 Å². The van der Waals surface area contributed by atoms with E-state index < -0.39 is 29.6 Å². The summed E-state index contributed by atoms with van der Waals surface area (Å²) in [6.45, 7) is 8.34. The fraction of sp³-hybridized carbons (Fsp3) is 0.633. The van der Waals surface area contributed by atoms with E-state index in [1.54, 1.807) is 29.2 Å². The Hall–Kier alpha value is -2.46. The second-order valence-electron chi connectivity index (χ2n) is 12.1. The van der Waals surface area contributed by atoms with E-state index in [2.05, 4.69) is 29.4 Å². The zero-order valence-corrected chi connectivity index (χ0v) is 23.9. The molecule has 6 rings (SSSR count). The van der Waals surface area contributed by atoms with Crippen LogP contribution in [0.3, 0.4) is 0 Å². The molecule has 3 saturated heterocycles. The van der Waals surface area contributed by atoms with Crippen molar-refractivity contribution < 1.29 is 23.9 Å². The molecule has 1 aliphatic carbocycles. The Labute approximate surface area is 240 Å². The molecule has 5 aliphatic rings. The minimum atomic E-state index is -1.16. The van der Waals surface area contributed by atoms with Gasteiger partial charge in [-0.2, -0.15) is 0 Å². The van der Waals surface area contributed by atoms with Crippen molar-refractivity contribution >= 4 is 35.0 Å². The highest BCUT2D eigenvalue weighted by molar-refractivity contribution is 6.30. The molecule has 4 fully saturated rings. The number of rotatable bonds is 7. The quantitative estimate of drug-likeness (QED) is 0.489. The molecule has 4 heterocycles. The van der Waals surface area contributed by atoms with Crippen molar-refractivity contribution in [2.75, 3.05) is 44.7 Å². The minimum Gasteiger partial charge on any atom is -0.379 e. The molecule has 40 heavy (non-hydrogen) atoms. The van der Waals surface area contributed by atoms with E-state index >= 15 is 0 Å². The smallest absolute Gasteiger partial charge is 0.246 e. The third kappa shape index (κ3) is 4.85. The first-order chi connectivity index (χ1) is 19.3. The topological polar surface area (TPSA) is 100 Å². The lowest BCUT2D eigenvalue weighted by Gasteiger charge is -2.38. The molecule has 8 atom stereocenters. The zero-order chi connectivity index (χ0) is 28.0. The number of carbonyl (C=O) groups is 3. The average molecular weight is 571 g/mol. The number of hydrogen-bond donors (Lipinski definition) is 2. The van der Waals surface area contributed by atoms with Crippen LogP contribution >= 0.6 is 11.6 Å². The van der Waals surface area contributed by atoms with E-state index in [-0.39, 0.29) is 23.8 Å². The van der Waals surface area contributed by atoms with Gasteiger partial charge in [-0.05, 0) is 42.5 Å². The lowest BCUT2D eigenvalue weighted by Crippen LogP contribution is -2.58. The van der Waals surface area contributed by atoms with E-state index in [0.29, 0.717) is 48.8 Å². The summed E-state index contributed by atoms with van der Waals surface area (Å²) in [6.07, 6.45) is 6.32. The molecule has 2 bridgehead atoms. The van der Waals surface area contributed by atoms with Crippen LogP contribution in [0.5, 0.6) is 0 Å². The van der Waals surface area contributed by atoms with Crippen molar-refractivity contribution in [3.05, 3.63) is 41.4 Å². The fourth-order valence-corrected chi connectivity index (χ4v) is 7.51. The summed E-state index contributed by atoms with van der Waals surface area (Å²) in [6, 6.07) is 6.09. The van der Waals surface area contributed by atoms with Gasteiger partial charge in [-0.1, -0.05) is 50.4 Å². The highest BCUT2D eigenvalue weighted by atomic mass is 35.5. The van der Waals surface area contributed by atoms with Gasteiger partial charge in [0.05, 0.1) is 31.2 Å². The Morgan fingerprint density at radius 2 is 1.82 bits per heavy atom. The van der Waals surface area contributed by atoms with Crippen LogP contribution in [0.25, 0.3) is 0 Å². The summed E-state index contributed by atoms with van der Waals surface area (Å²) >= 11 is 6.01. The Morgan fingerprint density at radius 1 is 1.07 bits per heavy atom. The molecule has 3 amide bonds. The number of fused-ring (bicyclic) bond motifs is 1. The Balaban J connectivity index is 1.27. The van der Waals surface area contributed by atoms with Crippen molar-refractivity contribution in [3.63, 3.8) is 0 Å². The third-order valence-electron chi connectivity index (χ3n) is 9.83. The maximum absolute atomic E-state index is 14.2. The molecule has 10 heteroatoms. The number of nitrogens with zero attached hydrogens (tertiary/aromatic N) is 2. The van der Waals surface area contributed by atoms with E-state index in [4.69, 9.17) is 21.1 Å². The van der Waals surface area contributed by atoms with Crippen LogP contribution in [0.2, 0.25) is 5.02 Å². The lowest BCUT2D eigenvalue weighted by atomic mass is 9.73. The zero-order valence-electron chi connectivity index (χ0n) is 23.2. The van der Waals surface area contributed by atoms with Gasteiger partial charge in [0.2, 0.25) is 17.7 Å². The van der Waals surface area contributed by atoms with Crippen LogP contribution in [0.4, 0.5) is 5.69 Å². The lowest BCUT2D eigenvalue weighted by molar-refractivity contribution is -0.142. The standard InChI is InChI=1S/C30H39ClN4O5/c1-18-4-3-5-22(19(18)2)33-28(37)26-30-11-10-23(40-30)24(27(36)32-21-8-6-20(31)7-9-21)25(30)29(38)35(26)13-12-34-14-16-39-17-15-34/h6-11,18-19,22-26H,3-5,12-17H2,1-2H3,(H,32,36)(H,33,37)/t18-,19+,22+,23-,24+,25-,26+,30+/m1/s1. The van der Waals surface area contributed by atoms with Gasteiger partial charge in [-0.3, -0.25) is 19.3 Å². The summed E-state index contributed by atoms with van der Waals surface area (Å²) in [5.74, 6) is -1.30. The largest absolute Gasteiger partial charge is 0.379 e. The number of anilines is 1. The molecule has 1 spiro atoms. The van der Waals surface area contributed by atoms with Gasteiger partial charge < -0.3 is 25.0 Å². The third-order valence-corrected chi connectivity index (χ3v) is 10.1. The van der Waals surface area contributed by atoms with Gasteiger partial charge in [0.15, 0.2) is 0 Å². The highest BCUT2D eigenvalue weighted by Gasteiger charge is 2.72. The molecule has 2 N–H and O–H groups in total. The van der Waals surface area contributed by atoms with Crippen LogP contribution in [-0.2, 0) is 23.9 Å². The van der Waals surface area contributed by atoms with E-state index in [0.717, 1.165) is 32.4 Å². The van der Waals surface area contributed by atoms with E-state index in [9.17, 15) is 14.4 Å². The maximum Gasteiger partial charge on any atom is 0.246 e. The number of amides is 3. The van der Waals surface area contributed by atoms with Crippen LogP contribution in [0.15, 0.2) is 36.4 Å². The van der Waals surface area contributed by atoms with Crippen molar-refractivity contribution in [2.45, 2.75) is 56.9 Å². The maximum atomic E-state index is 14.2. The van der Waals surface area contributed by atoms with Gasteiger partial charge in [-0.25, -0.2) is 0 Å². The fourth-order valence-electron chi connectivity index (χ4n) is 7.39. The second kappa shape index (κ2) is 11.1. The molecule has 216 valence electrons.